The number of anilines is 1. The Kier molecular flexibility index (Phi) is 5.16. The number of ketones is 1. The van der Waals surface area contributed by atoms with E-state index in [1.54, 1.807) is 12.1 Å². The van der Waals surface area contributed by atoms with Crippen LogP contribution in [0, 0.1) is 0 Å². The third-order valence-electron chi connectivity index (χ3n) is 3.02. The van der Waals surface area contributed by atoms with Gasteiger partial charge in [-0.15, -0.1) is 0 Å². The highest BCUT2D eigenvalue weighted by Gasteiger charge is 2.13. The number of nitrogens with two attached hydrogens (primary N) is 1. The SMILES string of the molecule is N[C@@H](Cc1ccc(Cl)cc1)C(=O)CNc1ccccc1. The number of hydrogen-bond acceptors (Lipinski definition) is 3. The predicted octanol–water partition coefficient (Wildman–Crippen LogP) is 2.89. The van der Waals surface area contributed by atoms with Crippen molar-refractivity contribution < 1.29 is 4.79 Å². The lowest BCUT2D eigenvalue weighted by atomic mass is 10.0. The van der Waals surface area contributed by atoms with Crippen LogP contribution >= 0.6 is 11.6 Å². The molecule has 2 aromatic rings. The lowest BCUT2D eigenvalue weighted by molar-refractivity contribution is -0.118. The van der Waals surface area contributed by atoms with E-state index in [-0.39, 0.29) is 12.3 Å². The molecule has 4 heteroatoms. The number of benzene rings is 2. The van der Waals surface area contributed by atoms with Gasteiger partial charge in [-0.2, -0.15) is 0 Å². The average Bonchev–Trinajstić information content (AvgIpc) is 2.48. The molecule has 104 valence electrons. The van der Waals surface area contributed by atoms with Gasteiger partial charge in [0.15, 0.2) is 5.78 Å². The lowest BCUT2D eigenvalue weighted by Crippen LogP contribution is -2.36. The molecule has 0 aromatic heterocycles. The number of hydrogen-bond donors (Lipinski definition) is 2. The molecule has 20 heavy (non-hydrogen) atoms. The van der Waals surface area contributed by atoms with Crippen LogP contribution in [0.5, 0.6) is 0 Å². The zero-order chi connectivity index (χ0) is 14.4. The van der Waals surface area contributed by atoms with Crippen LogP contribution in [-0.4, -0.2) is 18.4 Å². The summed E-state index contributed by atoms with van der Waals surface area (Å²) in [5.74, 6) is -0.0104. The van der Waals surface area contributed by atoms with Crippen LogP contribution in [-0.2, 0) is 11.2 Å². The predicted molar refractivity (Wildman–Crippen MR) is 83.1 cm³/mol. The van der Waals surface area contributed by atoms with Crippen molar-refractivity contribution in [2.24, 2.45) is 5.73 Å². The number of nitrogens with one attached hydrogen (secondary N) is 1. The highest BCUT2D eigenvalue weighted by molar-refractivity contribution is 6.30. The van der Waals surface area contributed by atoms with Gasteiger partial charge in [-0.3, -0.25) is 4.79 Å². The lowest BCUT2D eigenvalue weighted by Gasteiger charge is -2.12. The topological polar surface area (TPSA) is 55.1 Å². The van der Waals surface area contributed by atoms with Gasteiger partial charge in [0.2, 0.25) is 0 Å². The molecule has 0 spiro atoms. The molecule has 0 fully saturated rings. The molecule has 0 saturated carbocycles. The number of halogens is 1. The van der Waals surface area contributed by atoms with Crippen LogP contribution in [0.25, 0.3) is 0 Å². The van der Waals surface area contributed by atoms with Crippen molar-refractivity contribution in [1.29, 1.82) is 0 Å². The van der Waals surface area contributed by atoms with Crippen LogP contribution in [0.2, 0.25) is 5.02 Å². The number of rotatable bonds is 6. The summed E-state index contributed by atoms with van der Waals surface area (Å²) in [5.41, 5.74) is 7.85. The van der Waals surface area contributed by atoms with Gasteiger partial charge in [0.25, 0.3) is 0 Å². The third-order valence-corrected chi connectivity index (χ3v) is 3.27. The average molecular weight is 289 g/mol. The fourth-order valence-electron chi connectivity index (χ4n) is 1.86. The molecule has 3 nitrogen and oxygen atoms in total. The Morgan fingerprint density at radius 2 is 1.75 bits per heavy atom. The second-order valence-corrected chi connectivity index (χ2v) is 5.06. The Hall–Kier alpha value is -1.84. The largest absolute Gasteiger partial charge is 0.378 e. The van der Waals surface area contributed by atoms with Crippen molar-refractivity contribution in [2.75, 3.05) is 11.9 Å². The molecule has 2 rings (SSSR count). The summed E-state index contributed by atoms with van der Waals surface area (Å²) in [6.45, 7) is 0.235. The van der Waals surface area contributed by atoms with E-state index in [9.17, 15) is 4.79 Å². The van der Waals surface area contributed by atoms with Gasteiger partial charge in [-0.05, 0) is 36.2 Å². The molecule has 2 aromatic carbocycles. The van der Waals surface area contributed by atoms with Gasteiger partial charge >= 0.3 is 0 Å². The maximum absolute atomic E-state index is 12.0. The monoisotopic (exact) mass is 288 g/mol. The van der Waals surface area contributed by atoms with Gasteiger partial charge in [-0.1, -0.05) is 41.9 Å². The van der Waals surface area contributed by atoms with Crippen molar-refractivity contribution in [3.8, 4) is 0 Å². The first-order valence-electron chi connectivity index (χ1n) is 6.47. The molecule has 1 atom stereocenters. The maximum Gasteiger partial charge on any atom is 0.168 e. The molecule has 0 aliphatic carbocycles. The highest BCUT2D eigenvalue weighted by atomic mass is 35.5. The zero-order valence-electron chi connectivity index (χ0n) is 11.1. The molecule has 0 heterocycles. The second kappa shape index (κ2) is 7.08. The van der Waals surface area contributed by atoms with E-state index in [0.29, 0.717) is 11.4 Å². The second-order valence-electron chi connectivity index (χ2n) is 4.62. The third kappa shape index (κ3) is 4.37. The smallest absolute Gasteiger partial charge is 0.168 e. The van der Waals surface area contributed by atoms with Gasteiger partial charge in [0, 0.05) is 10.7 Å². The molecule has 3 N–H and O–H groups in total. The van der Waals surface area contributed by atoms with Gasteiger partial charge in [-0.25, -0.2) is 0 Å². The molecule has 0 bridgehead atoms. The van der Waals surface area contributed by atoms with E-state index < -0.39 is 6.04 Å². The fourth-order valence-corrected chi connectivity index (χ4v) is 1.99. The van der Waals surface area contributed by atoms with Crippen molar-refractivity contribution in [2.45, 2.75) is 12.5 Å². The molecule has 0 amide bonds. The molecular formula is C16H17ClN2O. The van der Waals surface area contributed by atoms with E-state index in [2.05, 4.69) is 5.32 Å². The highest BCUT2D eigenvalue weighted by Crippen LogP contribution is 2.11. The first-order valence-corrected chi connectivity index (χ1v) is 6.84. The van der Waals surface area contributed by atoms with Crippen molar-refractivity contribution in [1.82, 2.24) is 0 Å². The Morgan fingerprint density at radius 3 is 2.40 bits per heavy atom. The molecule has 0 aliphatic heterocycles. The minimum Gasteiger partial charge on any atom is -0.378 e. The van der Waals surface area contributed by atoms with Crippen LogP contribution in [0.15, 0.2) is 54.6 Å². The van der Waals surface area contributed by atoms with Gasteiger partial charge in [0.1, 0.15) is 0 Å². The quantitative estimate of drug-likeness (QED) is 0.859. The van der Waals surface area contributed by atoms with Gasteiger partial charge in [0.05, 0.1) is 12.6 Å². The van der Waals surface area contributed by atoms with Crippen LogP contribution in [0.1, 0.15) is 5.56 Å². The van der Waals surface area contributed by atoms with Crippen LogP contribution in [0.3, 0.4) is 0 Å². The van der Waals surface area contributed by atoms with E-state index in [0.717, 1.165) is 11.3 Å². The Labute approximate surface area is 123 Å². The summed E-state index contributed by atoms with van der Waals surface area (Å²) in [5, 5.41) is 3.75. The minimum atomic E-state index is -0.507. The summed E-state index contributed by atoms with van der Waals surface area (Å²) in [4.78, 5) is 12.0. The Balaban J connectivity index is 1.84. The summed E-state index contributed by atoms with van der Waals surface area (Å²) >= 11 is 5.82. The van der Waals surface area contributed by atoms with E-state index in [1.807, 2.05) is 42.5 Å². The first kappa shape index (κ1) is 14.6. The van der Waals surface area contributed by atoms with Crippen LogP contribution in [0.4, 0.5) is 5.69 Å². The van der Waals surface area contributed by atoms with Crippen LogP contribution < -0.4 is 11.1 Å². The number of para-hydroxylation sites is 1. The molecule has 0 unspecified atom stereocenters. The summed E-state index contributed by atoms with van der Waals surface area (Å²) in [6, 6.07) is 16.5. The maximum atomic E-state index is 12.0. The number of Topliss-reactive ketones (excluding diaryl/α,β-unsaturated/α-hetero) is 1. The fraction of sp³-hybridized carbons (Fsp3) is 0.188. The normalized spacial score (nSPS) is 11.9. The zero-order valence-corrected chi connectivity index (χ0v) is 11.8. The van der Waals surface area contributed by atoms with E-state index >= 15 is 0 Å². The first-order chi connectivity index (χ1) is 9.65. The Morgan fingerprint density at radius 1 is 1.10 bits per heavy atom. The number of carbonyl (C=O) groups is 1. The van der Waals surface area contributed by atoms with E-state index in [4.69, 9.17) is 17.3 Å². The van der Waals surface area contributed by atoms with Crippen molar-refractivity contribution >= 4 is 23.1 Å². The summed E-state index contributed by atoms with van der Waals surface area (Å²) in [6.07, 6.45) is 0.520. The molecule has 0 aliphatic rings. The van der Waals surface area contributed by atoms with Crippen molar-refractivity contribution in [3.05, 3.63) is 65.2 Å². The molecule has 0 saturated heterocycles. The summed E-state index contributed by atoms with van der Waals surface area (Å²) < 4.78 is 0. The standard InChI is InChI=1S/C16H17ClN2O/c17-13-8-6-12(7-9-13)10-15(18)16(20)11-19-14-4-2-1-3-5-14/h1-9,15,19H,10-11,18H2/t15-/m0/s1. The van der Waals surface area contributed by atoms with Gasteiger partial charge < -0.3 is 11.1 Å². The number of carbonyl (C=O) groups excluding carboxylic acids is 1. The summed E-state index contributed by atoms with van der Waals surface area (Å²) in [7, 11) is 0. The molecule has 0 radical (unpaired) electrons. The Bertz CT molecular complexity index is 554. The van der Waals surface area contributed by atoms with E-state index in [1.165, 1.54) is 0 Å². The van der Waals surface area contributed by atoms with Crippen molar-refractivity contribution in [3.63, 3.8) is 0 Å². The molecular weight excluding hydrogens is 272 g/mol. The minimum absolute atomic E-state index is 0.0104.